The topological polar surface area (TPSA) is 30.3 Å². The average Bonchev–Trinajstić information content (AvgIpc) is 3.06. The predicted molar refractivity (Wildman–Crippen MR) is 63.4 cm³/mol. The Labute approximate surface area is 92.9 Å². The van der Waals surface area contributed by atoms with E-state index in [2.05, 4.69) is 16.7 Å². The maximum atomic E-state index is 7.88. The molecule has 0 radical (unpaired) electrons. The molecule has 86 valence electrons. The first-order valence-corrected chi connectivity index (χ1v) is 6.37. The highest BCUT2D eigenvalue weighted by Gasteiger charge is 2.28. The van der Waals surface area contributed by atoms with E-state index in [0.717, 1.165) is 37.9 Å². The van der Waals surface area contributed by atoms with Crippen molar-refractivity contribution in [2.24, 2.45) is 0 Å². The fourth-order valence-corrected chi connectivity index (χ4v) is 2.42. The third kappa shape index (κ3) is 2.94. The summed E-state index contributed by atoms with van der Waals surface area (Å²) in [5.74, 6) is 0.869. The lowest BCUT2D eigenvalue weighted by atomic mass is 10.1. The van der Waals surface area contributed by atoms with Crippen molar-refractivity contribution in [3.05, 3.63) is 0 Å². The first-order valence-electron chi connectivity index (χ1n) is 6.37. The van der Waals surface area contributed by atoms with E-state index in [1.54, 1.807) is 0 Å². The van der Waals surface area contributed by atoms with Crippen LogP contribution in [0.2, 0.25) is 0 Å². The molecule has 1 saturated heterocycles. The highest BCUT2D eigenvalue weighted by molar-refractivity contribution is 5.79. The Kier molecular flexibility index (Phi) is 3.62. The fourth-order valence-electron chi connectivity index (χ4n) is 2.42. The van der Waals surface area contributed by atoms with Crippen LogP contribution in [-0.2, 0) is 0 Å². The summed E-state index contributed by atoms with van der Waals surface area (Å²) in [6.07, 6.45) is 6.28. The third-order valence-corrected chi connectivity index (χ3v) is 3.60. The van der Waals surface area contributed by atoms with Crippen molar-refractivity contribution in [2.75, 3.05) is 26.2 Å². The van der Waals surface area contributed by atoms with Crippen LogP contribution in [0.25, 0.3) is 0 Å². The Balaban J connectivity index is 1.73. The molecule has 0 amide bonds. The van der Waals surface area contributed by atoms with Gasteiger partial charge in [0.2, 0.25) is 0 Å². The zero-order chi connectivity index (χ0) is 10.7. The van der Waals surface area contributed by atoms with E-state index in [-0.39, 0.29) is 0 Å². The molecule has 2 aliphatic rings. The van der Waals surface area contributed by atoms with E-state index < -0.39 is 0 Å². The summed E-state index contributed by atoms with van der Waals surface area (Å²) in [6.45, 7) is 6.76. The SMILES string of the molecule is CCN(CCN1CCCCC1=N)C1CC1. The number of nitrogens with one attached hydrogen (secondary N) is 1. The molecule has 0 aromatic rings. The molecule has 0 aromatic carbocycles. The summed E-state index contributed by atoms with van der Waals surface area (Å²) in [5.41, 5.74) is 0. The van der Waals surface area contributed by atoms with Crippen molar-refractivity contribution < 1.29 is 0 Å². The molecule has 2 rings (SSSR count). The highest BCUT2D eigenvalue weighted by atomic mass is 15.2. The van der Waals surface area contributed by atoms with Crippen LogP contribution >= 0.6 is 0 Å². The van der Waals surface area contributed by atoms with E-state index in [9.17, 15) is 0 Å². The summed E-state index contributed by atoms with van der Waals surface area (Å²) < 4.78 is 0. The van der Waals surface area contributed by atoms with E-state index in [1.165, 1.54) is 32.2 Å². The maximum absolute atomic E-state index is 7.88. The van der Waals surface area contributed by atoms with Crippen molar-refractivity contribution in [3.63, 3.8) is 0 Å². The molecule has 0 unspecified atom stereocenters. The van der Waals surface area contributed by atoms with Gasteiger partial charge in [0.15, 0.2) is 0 Å². The zero-order valence-electron chi connectivity index (χ0n) is 9.84. The smallest absolute Gasteiger partial charge is 0.0958 e. The van der Waals surface area contributed by atoms with Gasteiger partial charge in [0, 0.05) is 32.1 Å². The second-order valence-electron chi connectivity index (χ2n) is 4.75. The molecular formula is C12H23N3. The largest absolute Gasteiger partial charge is 0.359 e. The van der Waals surface area contributed by atoms with Crippen LogP contribution in [0, 0.1) is 5.41 Å². The average molecular weight is 209 g/mol. The Hall–Kier alpha value is -0.570. The second-order valence-corrected chi connectivity index (χ2v) is 4.75. The third-order valence-electron chi connectivity index (χ3n) is 3.60. The predicted octanol–water partition coefficient (Wildman–Crippen LogP) is 1.93. The monoisotopic (exact) mass is 209 g/mol. The molecule has 15 heavy (non-hydrogen) atoms. The molecule has 3 nitrogen and oxygen atoms in total. The zero-order valence-corrected chi connectivity index (χ0v) is 9.84. The van der Waals surface area contributed by atoms with Crippen molar-refractivity contribution in [2.45, 2.75) is 45.1 Å². The number of nitrogens with zero attached hydrogens (tertiary/aromatic N) is 2. The minimum Gasteiger partial charge on any atom is -0.359 e. The lowest BCUT2D eigenvalue weighted by Gasteiger charge is -2.31. The van der Waals surface area contributed by atoms with Gasteiger partial charge < -0.3 is 4.90 Å². The van der Waals surface area contributed by atoms with Gasteiger partial charge in [-0.1, -0.05) is 6.92 Å². The van der Waals surface area contributed by atoms with Crippen molar-refractivity contribution in [1.29, 1.82) is 5.41 Å². The van der Waals surface area contributed by atoms with Gasteiger partial charge in [0.1, 0.15) is 0 Å². The quantitative estimate of drug-likeness (QED) is 0.750. The summed E-state index contributed by atoms with van der Waals surface area (Å²) >= 11 is 0. The van der Waals surface area contributed by atoms with Crippen LogP contribution in [0.1, 0.15) is 39.0 Å². The summed E-state index contributed by atoms with van der Waals surface area (Å²) in [6, 6.07) is 0.869. The van der Waals surface area contributed by atoms with E-state index >= 15 is 0 Å². The van der Waals surface area contributed by atoms with Gasteiger partial charge in [0.05, 0.1) is 5.84 Å². The van der Waals surface area contributed by atoms with Crippen LogP contribution in [-0.4, -0.2) is 47.9 Å². The van der Waals surface area contributed by atoms with Crippen molar-refractivity contribution in [3.8, 4) is 0 Å². The second kappa shape index (κ2) is 4.97. The molecule has 0 bridgehead atoms. The Morgan fingerprint density at radius 3 is 2.80 bits per heavy atom. The maximum Gasteiger partial charge on any atom is 0.0958 e. The van der Waals surface area contributed by atoms with Gasteiger partial charge in [-0.05, 0) is 32.2 Å². The molecule has 0 spiro atoms. The van der Waals surface area contributed by atoms with Crippen LogP contribution in [0.15, 0.2) is 0 Å². The molecule has 1 heterocycles. The number of rotatable bonds is 5. The Morgan fingerprint density at radius 2 is 2.20 bits per heavy atom. The molecule has 1 aliphatic carbocycles. The van der Waals surface area contributed by atoms with E-state index in [4.69, 9.17) is 5.41 Å². The van der Waals surface area contributed by atoms with Crippen molar-refractivity contribution in [1.82, 2.24) is 9.80 Å². The highest BCUT2D eigenvalue weighted by Crippen LogP contribution is 2.26. The minimum atomic E-state index is 0.869. The number of hydrogen-bond acceptors (Lipinski definition) is 2. The first-order chi connectivity index (χ1) is 7.31. The van der Waals surface area contributed by atoms with Crippen LogP contribution in [0.4, 0.5) is 0 Å². The van der Waals surface area contributed by atoms with E-state index in [0.29, 0.717) is 0 Å². The normalized spacial score (nSPS) is 22.5. The molecular weight excluding hydrogens is 186 g/mol. The number of hydrogen-bond donors (Lipinski definition) is 1. The van der Waals surface area contributed by atoms with Crippen molar-refractivity contribution >= 4 is 5.84 Å². The standard InChI is InChI=1S/C12H23N3/c1-2-14(11-6-7-11)9-10-15-8-4-3-5-12(15)13/h11,13H,2-10H2,1H3. The Bertz CT molecular complexity index is 223. The molecule has 1 aliphatic heterocycles. The van der Waals surface area contributed by atoms with Crippen LogP contribution in [0.3, 0.4) is 0 Å². The summed E-state index contributed by atoms with van der Waals surface area (Å²) in [7, 11) is 0. The van der Waals surface area contributed by atoms with E-state index in [1.807, 2.05) is 0 Å². The molecule has 1 N–H and O–H groups in total. The lowest BCUT2D eigenvalue weighted by molar-refractivity contribution is 0.240. The minimum absolute atomic E-state index is 0.869. The molecule has 3 heteroatoms. The number of likely N-dealkylation sites (N-methyl/N-ethyl adjacent to an activating group) is 1. The molecule has 0 atom stereocenters. The summed E-state index contributed by atoms with van der Waals surface area (Å²) in [4.78, 5) is 4.84. The van der Waals surface area contributed by atoms with Crippen LogP contribution < -0.4 is 0 Å². The number of amidine groups is 1. The fraction of sp³-hybridized carbons (Fsp3) is 0.917. The molecule has 0 aromatic heterocycles. The van der Waals surface area contributed by atoms with Gasteiger partial charge in [-0.2, -0.15) is 0 Å². The van der Waals surface area contributed by atoms with Gasteiger partial charge in [-0.15, -0.1) is 0 Å². The number of piperidine rings is 1. The van der Waals surface area contributed by atoms with Gasteiger partial charge >= 0.3 is 0 Å². The Morgan fingerprint density at radius 1 is 1.40 bits per heavy atom. The molecule has 2 fully saturated rings. The lowest BCUT2D eigenvalue weighted by Crippen LogP contribution is -2.41. The first kappa shape index (κ1) is 10.9. The van der Waals surface area contributed by atoms with Crippen LogP contribution in [0.5, 0.6) is 0 Å². The molecule has 1 saturated carbocycles. The van der Waals surface area contributed by atoms with Gasteiger partial charge in [-0.25, -0.2) is 0 Å². The van der Waals surface area contributed by atoms with Gasteiger partial charge in [0.25, 0.3) is 0 Å². The number of likely N-dealkylation sites (tertiary alicyclic amines) is 1. The van der Waals surface area contributed by atoms with Gasteiger partial charge in [-0.3, -0.25) is 10.3 Å². The summed E-state index contributed by atoms with van der Waals surface area (Å²) in [5, 5.41) is 7.88.